The predicted molar refractivity (Wildman–Crippen MR) is 94.4 cm³/mol. The van der Waals surface area contributed by atoms with Crippen LogP contribution in [0.3, 0.4) is 0 Å². The zero-order valence-electron chi connectivity index (χ0n) is 12.9. The van der Waals surface area contributed by atoms with E-state index in [4.69, 9.17) is 5.11 Å². The van der Waals surface area contributed by atoms with E-state index < -0.39 is 5.97 Å². The molecule has 4 nitrogen and oxygen atoms in total. The lowest BCUT2D eigenvalue weighted by molar-refractivity contribution is -0.136. The van der Waals surface area contributed by atoms with Crippen molar-refractivity contribution in [2.45, 2.75) is 23.5 Å². The second-order valence-corrected chi connectivity index (χ2v) is 6.77. The molecule has 0 fully saturated rings. The number of aromatic nitrogens is 1. The van der Waals surface area contributed by atoms with Crippen molar-refractivity contribution in [1.82, 2.24) is 4.57 Å². The zero-order chi connectivity index (χ0) is 16.7. The number of carboxylic acids is 1. The molecule has 24 heavy (non-hydrogen) atoms. The second-order valence-electron chi connectivity index (χ2n) is 5.75. The quantitative estimate of drug-likeness (QED) is 0.768. The molecule has 1 aliphatic heterocycles. The third-order valence-corrected chi connectivity index (χ3v) is 5.40. The Morgan fingerprint density at radius 1 is 1.04 bits per heavy atom. The maximum Gasteiger partial charge on any atom is 0.303 e. The smallest absolute Gasteiger partial charge is 0.303 e. The molecule has 1 aromatic heterocycles. The molecule has 0 saturated carbocycles. The van der Waals surface area contributed by atoms with E-state index in [1.165, 1.54) is 0 Å². The van der Waals surface area contributed by atoms with E-state index in [0.717, 1.165) is 38.4 Å². The third kappa shape index (κ3) is 2.32. The fraction of sp³-hybridized carbons (Fsp3) is 0.158. The van der Waals surface area contributed by atoms with Crippen LogP contribution in [0.15, 0.2) is 53.4 Å². The minimum atomic E-state index is -0.954. The molecule has 0 amide bonds. The topological polar surface area (TPSA) is 59.3 Å². The lowest BCUT2D eigenvalue weighted by Crippen LogP contribution is -2.14. The molecule has 5 heteroatoms. The number of aliphatic carboxylic acids is 1. The largest absolute Gasteiger partial charge is 0.481 e. The summed E-state index contributed by atoms with van der Waals surface area (Å²) in [5.74, 6) is -0.312. The Hall–Kier alpha value is -2.53. The van der Waals surface area contributed by atoms with Gasteiger partial charge >= 0.3 is 5.97 Å². The van der Waals surface area contributed by atoms with Crippen molar-refractivity contribution < 1.29 is 14.7 Å². The van der Waals surface area contributed by atoms with Crippen molar-refractivity contribution in [2.24, 2.45) is 0 Å². The molecule has 0 bridgehead atoms. The molecule has 2 heterocycles. The minimum absolute atomic E-state index is 0.00421. The molecule has 0 aliphatic carbocycles. The predicted octanol–water partition coefficient (Wildman–Crippen LogP) is 4.42. The Morgan fingerprint density at radius 2 is 1.79 bits per heavy atom. The number of thioether (sulfide) groups is 1. The number of hydrogen-bond acceptors (Lipinski definition) is 3. The highest BCUT2D eigenvalue weighted by Crippen LogP contribution is 2.45. The summed E-state index contributed by atoms with van der Waals surface area (Å²) in [7, 11) is 0. The number of nitrogens with zero attached hydrogens (tertiary/aromatic N) is 1. The first kappa shape index (κ1) is 15.0. The fourth-order valence-electron chi connectivity index (χ4n) is 3.26. The molecular weight excluding hydrogens is 322 g/mol. The van der Waals surface area contributed by atoms with Gasteiger partial charge in [0.2, 0.25) is 5.91 Å². The lowest BCUT2D eigenvalue weighted by atomic mass is 10.1. The summed E-state index contributed by atoms with van der Waals surface area (Å²) < 4.78 is 1.71. The molecule has 0 atom stereocenters. The van der Waals surface area contributed by atoms with Gasteiger partial charge in [0.05, 0.1) is 17.6 Å². The van der Waals surface area contributed by atoms with Crippen LogP contribution < -0.4 is 0 Å². The van der Waals surface area contributed by atoms with Gasteiger partial charge < -0.3 is 5.11 Å². The SMILES string of the molecule is O=C(O)CCC(=O)n1c2c(c3ccccc31)CSc1ccccc1-2. The van der Waals surface area contributed by atoms with Gasteiger partial charge in [0, 0.05) is 28.0 Å². The Labute approximate surface area is 143 Å². The molecule has 3 aromatic rings. The van der Waals surface area contributed by atoms with E-state index in [1.807, 2.05) is 42.5 Å². The second kappa shape index (κ2) is 5.83. The highest BCUT2D eigenvalue weighted by molar-refractivity contribution is 7.98. The average molecular weight is 337 g/mol. The minimum Gasteiger partial charge on any atom is -0.481 e. The van der Waals surface area contributed by atoms with E-state index in [2.05, 4.69) is 6.07 Å². The summed E-state index contributed by atoms with van der Waals surface area (Å²) in [6.45, 7) is 0. The average Bonchev–Trinajstić information content (AvgIpc) is 2.94. The summed E-state index contributed by atoms with van der Waals surface area (Å²) >= 11 is 1.77. The van der Waals surface area contributed by atoms with Crippen LogP contribution in [0.5, 0.6) is 0 Å². The molecule has 1 aliphatic rings. The maximum absolute atomic E-state index is 12.8. The van der Waals surface area contributed by atoms with Gasteiger partial charge in [0.15, 0.2) is 0 Å². The normalized spacial score (nSPS) is 12.7. The third-order valence-electron chi connectivity index (χ3n) is 4.30. The van der Waals surface area contributed by atoms with E-state index in [-0.39, 0.29) is 18.7 Å². The summed E-state index contributed by atoms with van der Waals surface area (Å²) in [6, 6.07) is 15.9. The van der Waals surface area contributed by atoms with Crippen LogP contribution in [0.4, 0.5) is 0 Å². The standard InChI is InChI=1S/C19H15NO3S/c21-17(9-10-18(22)23)20-15-7-3-1-5-12(15)14-11-24-16-8-4-2-6-13(16)19(14)20/h1-8H,9-11H2,(H,22,23). The molecule has 0 saturated heterocycles. The Balaban J connectivity index is 1.96. The van der Waals surface area contributed by atoms with Crippen LogP contribution in [-0.4, -0.2) is 21.6 Å². The number of carboxylic acid groups (broad SMARTS) is 1. The van der Waals surface area contributed by atoms with Crippen LogP contribution in [0.25, 0.3) is 22.2 Å². The Bertz CT molecular complexity index is 974. The summed E-state index contributed by atoms with van der Waals surface area (Å²) in [4.78, 5) is 24.8. The van der Waals surface area contributed by atoms with Crippen molar-refractivity contribution in [2.75, 3.05) is 0 Å². The maximum atomic E-state index is 12.8. The van der Waals surface area contributed by atoms with E-state index in [9.17, 15) is 9.59 Å². The van der Waals surface area contributed by atoms with Crippen LogP contribution in [0.2, 0.25) is 0 Å². The molecule has 4 rings (SSSR count). The van der Waals surface area contributed by atoms with Crippen molar-refractivity contribution in [3.05, 3.63) is 54.1 Å². The molecule has 1 N–H and O–H groups in total. The van der Waals surface area contributed by atoms with Crippen LogP contribution in [0.1, 0.15) is 23.2 Å². The van der Waals surface area contributed by atoms with E-state index in [1.54, 1.807) is 16.3 Å². The van der Waals surface area contributed by atoms with Gasteiger partial charge in [-0.3, -0.25) is 14.2 Å². The lowest BCUT2D eigenvalue weighted by Gasteiger charge is -2.18. The first-order valence-corrected chi connectivity index (χ1v) is 8.75. The van der Waals surface area contributed by atoms with Gasteiger partial charge in [-0.1, -0.05) is 36.4 Å². The molecule has 2 aromatic carbocycles. The number of carbonyl (C=O) groups is 2. The van der Waals surface area contributed by atoms with Crippen molar-refractivity contribution in [3.63, 3.8) is 0 Å². The van der Waals surface area contributed by atoms with Gasteiger partial charge in [-0.2, -0.15) is 0 Å². The number of rotatable bonds is 3. The fourth-order valence-corrected chi connectivity index (χ4v) is 4.35. The van der Waals surface area contributed by atoms with Crippen molar-refractivity contribution >= 4 is 34.5 Å². The molecular formula is C19H15NO3S. The highest BCUT2D eigenvalue weighted by Gasteiger charge is 2.27. The Kier molecular flexibility index (Phi) is 3.65. The van der Waals surface area contributed by atoms with Crippen molar-refractivity contribution in [1.29, 1.82) is 0 Å². The summed E-state index contributed by atoms with van der Waals surface area (Å²) in [5.41, 5.74) is 3.97. The number of para-hydroxylation sites is 1. The van der Waals surface area contributed by atoms with Gasteiger partial charge in [0.25, 0.3) is 0 Å². The first-order valence-electron chi connectivity index (χ1n) is 7.76. The molecule has 0 radical (unpaired) electrons. The number of hydrogen-bond donors (Lipinski definition) is 1. The monoisotopic (exact) mass is 337 g/mol. The molecule has 0 spiro atoms. The first-order chi connectivity index (χ1) is 11.7. The number of benzene rings is 2. The van der Waals surface area contributed by atoms with Gasteiger partial charge in [-0.15, -0.1) is 11.8 Å². The molecule has 0 unspecified atom stereocenters. The van der Waals surface area contributed by atoms with Crippen LogP contribution in [-0.2, 0) is 10.5 Å². The summed E-state index contributed by atoms with van der Waals surface area (Å²) in [5, 5.41) is 9.97. The van der Waals surface area contributed by atoms with E-state index >= 15 is 0 Å². The van der Waals surface area contributed by atoms with Gasteiger partial charge in [0.1, 0.15) is 0 Å². The molecule has 120 valence electrons. The number of carbonyl (C=O) groups excluding carboxylic acids is 1. The van der Waals surface area contributed by atoms with Crippen LogP contribution >= 0.6 is 11.8 Å². The van der Waals surface area contributed by atoms with Gasteiger partial charge in [-0.25, -0.2) is 0 Å². The van der Waals surface area contributed by atoms with Crippen molar-refractivity contribution in [3.8, 4) is 11.3 Å². The van der Waals surface area contributed by atoms with Gasteiger partial charge in [-0.05, 0) is 17.7 Å². The van der Waals surface area contributed by atoms with Crippen LogP contribution in [0, 0.1) is 0 Å². The number of fused-ring (bicyclic) bond motifs is 5. The zero-order valence-corrected chi connectivity index (χ0v) is 13.7. The highest BCUT2D eigenvalue weighted by atomic mass is 32.2. The van der Waals surface area contributed by atoms with E-state index in [0.29, 0.717) is 0 Å². The summed E-state index contributed by atoms with van der Waals surface area (Å²) in [6.07, 6.45) is -0.160. The Morgan fingerprint density at radius 3 is 2.62 bits per heavy atom.